The van der Waals surface area contributed by atoms with Crippen LogP contribution in [0.1, 0.15) is 13.8 Å². The molecule has 1 N–H and O–H groups in total. The number of hydrogen-bond acceptors (Lipinski definition) is 4. The number of carbonyl (C=O) groups is 1. The third-order valence-electron chi connectivity index (χ3n) is 3.72. The Morgan fingerprint density at radius 3 is 2.24 bits per heavy atom. The number of halogens is 1. The SMILES string of the molecule is CC(C)(C(=O)N1CCNCC1)S(=O)(=O)c1ccc(Br)cc1. The van der Waals surface area contributed by atoms with Crippen LogP contribution in [0, 0.1) is 0 Å². The van der Waals surface area contributed by atoms with Crippen LogP contribution in [-0.4, -0.2) is 50.2 Å². The van der Waals surface area contributed by atoms with E-state index in [4.69, 9.17) is 0 Å². The van der Waals surface area contributed by atoms with Gasteiger partial charge in [-0.15, -0.1) is 0 Å². The van der Waals surface area contributed by atoms with E-state index in [1.165, 1.54) is 26.0 Å². The van der Waals surface area contributed by atoms with Crippen molar-refractivity contribution in [2.24, 2.45) is 0 Å². The first-order valence-corrected chi connectivity index (χ1v) is 9.05. The number of carbonyl (C=O) groups excluding carboxylic acids is 1. The molecule has 1 aromatic carbocycles. The lowest BCUT2D eigenvalue weighted by Crippen LogP contribution is -2.55. The molecule has 1 heterocycles. The molecule has 0 aliphatic carbocycles. The van der Waals surface area contributed by atoms with E-state index in [1.807, 2.05) is 0 Å². The van der Waals surface area contributed by atoms with Gasteiger partial charge < -0.3 is 10.2 Å². The zero-order chi connectivity index (χ0) is 15.7. The van der Waals surface area contributed by atoms with E-state index < -0.39 is 14.6 Å². The fraction of sp³-hybridized carbons (Fsp3) is 0.500. The molecule has 116 valence electrons. The summed E-state index contributed by atoms with van der Waals surface area (Å²) in [6.45, 7) is 5.43. The first kappa shape index (κ1) is 16.5. The van der Waals surface area contributed by atoms with Crippen molar-refractivity contribution in [1.82, 2.24) is 10.2 Å². The standard InChI is InChI=1S/C14H19BrN2O3S/c1-14(2,13(18)17-9-7-16-8-10-17)21(19,20)12-5-3-11(15)4-6-12/h3-6,16H,7-10H2,1-2H3. The monoisotopic (exact) mass is 374 g/mol. The topological polar surface area (TPSA) is 66.5 Å². The van der Waals surface area contributed by atoms with Gasteiger partial charge in [-0.05, 0) is 38.1 Å². The van der Waals surface area contributed by atoms with Gasteiger partial charge in [0.1, 0.15) is 4.75 Å². The van der Waals surface area contributed by atoms with E-state index in [9.17, 15) is 13.2 Å². The molecule has 2 rings (SSSR count). The second-order valence-corrected chi connectivity index (χ2v) is 8.92. The van der Waals surface area contributed by atoms with Crippen molar-refractivity contribution < 1.29 is 13.2 Å². The molecule has 5 nitrogen and oxygen atoms in total. The summed E-state index contributed by atoms with van der Waals surface area (Å²) in [5, 5.41) is 3.15. The van der Waals surface area contributed by atoms with E-state index in [0.717, 1.165) is 4.47 Å². The number of benzene rings is 1. The van der Waals surface area contributed by atoms with Crippen molar-refractivity contribution in [2.45, 2.75) is 23.5 Å². The van der Waals surface area contributed by atoms with Crippen LogP contribution in [0.4, 0.5) is 0 Å². The predicted octanol–water partition coefficient (Wildman–Crippen LogP) is 1.43. The molecule has 1 fully saturated rings. The predicted molar refractivity (Wildman–Crippen MR) is 84.9 cm³/mol. The number of rotatable bonds is 3. The molecule has 7 heteroatoms. The number of hydrogen-bond donors (Lipinski definition) is 1. The van der Waals surface area contributed by atoms with E-state index in [0.29, 0.717) is 26.2 Å². The highest BCUT2D eigenvalue weighted by atomic mass is 79.9. The molecular weight excluding hydrogens is 356 g/mol. The van der Waals surface area contributed by atoms with E-state index >= 15 is 0 Å². The lowest BCUT2D eigenvalue weighted by atomic mass is 10.1. The van der Waals surface area contributed by atoms with E-state index in [-0.39, 0.29) is 10.8 Å². The van der Waals surface area contributed by atoms with Gasteiger partial charge in [0.05, 0.1) is 4.90 Å². The maximum absolute atomic E-state index is 12.8. The second-order valence-electron chi connectivity index (χ2n) is 5.51. The van der Waals surface area contributed by atoms with Crippen molar-refractivity contribution in [1.29, 1.82) is 0 Å². The van der Waals surface area contributed by atoms with Gasteiger partial charge in [0.2, 0.25) is 5.91 Å². The van der Waals surface area contributed by atoms with Crippen molar-refractivity contribution >= 4 is 31.7 Å². The van der Waals surface area contributed by atoms with Crippen LogP contribution in [-0.2, 0) is 14.6 Å². The third kappa shape index (κ3) is 3.14. The molecule has 0 saturated carbocycles. The summed E-state index contributed by atoms with van der Waals surface area (Å²) in [7, 11) is -3.74. The zero-order valence-corrected chi connectivity index (χ0v) is 14.5. The molecular formula is C14H19BrN2O3S. The summed E-state index contributed by atoms with van der Waals surface area (Å²) in [6.07, 6.45) is 0. The minimum Gasteiger partial charge on any atom is -0.339 e. The quantitative estimate of drug-likeness (QED) is 0.868. The molecule has 0 spiro atoms. The molecule has 1 aliphatic rings. The Bertz CT molecular complexity index is 620. The summed E-state index contributed by atoms with van der Waals surface area (Å²) in [5.41, 5.74) is 0. The van der Waals surface area contributed by atoms with Crippen LogP contribution < -0.4 is 5.32 Å². The molecule has 21 heavy (non-hydrogen) atoms. The fourth-order valence-corrected chi connectivity index (χ4v) is 3.98. The van der Waals surface area contributed by atoms with Gasteiger partial charge in [0.15, 0.2) is 9.84 Å². The third-order valence-corrected chi connectivity index (χ3v) is 6.65. The van der Waals surface area contributed by atoms with Crippen LogP contribution in [0.15, 0.2) is 33.6 Å². The lowest BCUT2D eigenvalue weighted by molar-refractivity contribution is -0.133. The Morgan fingerprint density at radius 1 is 1.19 bits per heavy atom. The Hall–Kier alpha value is -0.920. The van der Waals surface area contributed by atoms with Crippen LogP contribution in [0.5, 0.6) is 0 Å². The summed E-state index contributed by atoms with van der Waals surface area (Å²) in [4.78, 5) is 14.4. The molecule has 0 atom stereocenters. The van der Waals surface area contributed by atoms with E-state index in [2.05, 4.69) is 21.2 Å². The summed E-state index contributed by atoms with van der Waals surface area (Å²) >= 11 is 3.28. The Balaban J connectivity index is 2.32. The molecule has 1 amide bonds. The number of nitrogens with zero attached hydrogens (tertiary/aromatic N) is 1. The molecule has 0 radical (unpaired) electrons. The summed E-state index contributed by atoms with van der Waals surface area (Å²) < 4.78 is 24.9. The summed E-state index contributed by atoms with van der Waals surface area (Å²) in [6, 6.07) is 6.37. The highest BCUT2D eigenvalue weighted by molar-refractivity contribution is 9.10. The Kier molecular flexibility index (Phi) is 4.75. The smallest absolute Gasteiger partial charge is 0.243 e. The average molecular weight is 375 g/mol. The van der Waals surface area contributed by atoms with Gasteiger partial charge in [-0.2, -0.15) is 0 Å². The van der Waals surface area contributed by atoms with Crippen molar-refractivity contribution in [3.63, 3.8) is 0 Å². The first-order valence-electron chi connectivity index (χ1n) is 6.77. The number of sulfone groups is 1. The van der Waals surface area contributed by atoms with Crippen molar-refractivity contribution in [3.05, 3.63) is 28.7 Å². The van der Waals surface area contributed by atoms with Crippen LogP contribution in [0.3, 0.4) is 0 Å². The maximum atomic E-state index is 12.8. The molecule has 1 aliphatic heterocycles. The number of nitrogens with one attached hydrogen (secondary N) is 1. The molecule has 0 unspecified atom stereocenters. The molecule has 1 saturated heterocycles. The minimum absolute atomic E-state index is 0.166. The van der Waals surface area contributed by atoms with Gasteiger partial charge in [-0.3, -0.25) is 4.79 Å². The minimum atomic E-state index is -3.74. The number of amides is 1. The summed E-state index contributed by atoms with van der Waals surface area (Å²) in [5.74, 6) is -0.341. The highest BCUT2D eigenvalue weighted by Gasteiger charge is 2.45. The van der Waals surface area contributed by atoms with E-state index in [1.54, 1.807) is 17.0 Å². The van der Waals surface area contributed by atoms with Gasteiger partial charge in [-0.1, -0.05) is 15.9 Å². The lowest BCUT2D eigenvalue weighted by Gasteiger charge is -2.34. The van der Waals surface area contributed by atoms with Gasteiger partial charge in [-0.25, -0.2) is 8.42 Å². The first-order chi connectivity index (χ1) is 9.76. The number of piperazine rings is 1. The molecule has 0 aromatic heterocycles. The van der Waals surface area contributed by atoms with Gasteiger partial charge in [0, 0.05) is 30.7 Å². The Labute approximate surface area is 133 Å². The van der Waals surface area contributed by atoms with Gasteiger partial charge >= 0.3 is 0 Å². The average Bonchev–Trinajstić information content (AvgIpc) is 2.47. The Morgan fingerprint density at radius 2 is 1.71 bits per heavy atom. The fourth-order valence-electron chi connectivity index (χ4n) is 2.27. The molecule has 1 aromatic rings. The van der Waals surface area contributed by atoms with Crippen molar-refractivity contribution in [2.75, 3.05) is 26.2 Å². The van der Waals surface area contributed by atoms with Gasteiger partial charge in [0.25, 0.3) is 0 Å². The zero-order valence-electron chi connectivity index (χ0n) is 12.1. The largest absolute Gasteiger partial charge is 0.339 e. The molecule has 0 bridgehead atoms. The van der Waals surface area contributed by atoms with Crippen LogP contribution in [0.2, 0.25) is 0 Å². The van der Waals surface area contributed by atoms with Crippen molar-refractivity contribution in [3.8, 4) is 0 Å². The maximum Gasteiger partial charge on any atom is 0.243 e. The van der Waals surface area contributed by atoms with Crippen LogP contribution >= 0.6 is 15.9 Å². The second kappa shape index (κ2) is 6.06. The van der Waals surface area contributed by atoms with Crippen LogP contribution in [0.25, 0.3) is 0 Å². The highest BCUT2D eigenvalue weighted by Crippen LogP contribution is 2.28. The normalized spacial score (nSPS) is 16.8.